The van der Waals surface area contributed by atoms with Crippen LogP contribution in [0.1, 0.15) is 25.3 Å². The number of nitrogens with one attached hydrogen (secondary N) is 1. The van der Waals surface area contributed by atoms with E-state index in [0.717, 1.165) is 26.2 Å². The van der Waals surface area contributed by atoms with Gasteiger partial charge in [0.05, 0.1) is 25.2 Å². The summed E-state index contributed by atoms with van der Waals surface area (Å²) < 4.78 is 79.6. The molecule has 4 atom stereocenters. The third-order valence-electron chi connectivity index (χ3n) is 5.42. The van der Waals surface area contributed by atoms with Crippen LogP contribution < -0.4 is 10.1 Å². The molecule has 0 bridgehead atoms. The van der Waals surface area contributed by atoms with Crippen LogP contribution in [0.3, 0.4) is 0 Å². The highest BCUT2D eigenvalue weighted by atomic mass is 19.4. The van der Waals surface area contributed by atoms with Crippen LogP contribution in [0.2, 0.25) is 0 Å². The van der Waals surface area contributed by atoms with Crippen molar-refractivity contribution in [3.05, 3.63) is 47.8 Å². The summed E-state index contributed by atoms with van der Waals surface area (Å²) in [5.74, 6) is -6.69. The monoisotopic (exact) mass is 431 g/mol. The predicted octanol–water partition coefficient (Wildman–Crippen LogP) is 3.84. The van der Waals surface area contributed by atoms with Gasteiger partial charge in [0.25, 0.3) is 5.91 Å². The van der Waals surface area contributed by atoms with Gasteiger partial charge in [0.15, 0.2) is 17.2 Å². The zero-order valence-electron chi connectivity index (χ0n) is 16.1. The first kappa shape index (κ1) is 21.9. The molecule has 3 rings (SSSR count). The smallest absolute Gasteiger partial charge is 0.417 e. The van der Waals surface area contributed by atoms with E-state index < -0.39 is 53.0 Å². The molecule has 0 unspecified atom stereocenters. The number of nitrogens with zero attached hydrogens (tertiary/aromatic N) is 2. The highest BCUT2D eigenvalue weighted by Gasteiger charge is 2.65. The molecular weight excluding hydrogens is 413 g/mol. The van der Waals surface area contributed by atoms with Gasteiger partial charge < -0.3 is 14.8 Å². The van der Waals surface area contributed by atoms with Crippen molar-refractivity contribution in [2.45, 2.75) is 37.6 Å². The summed E-state index contributed by atoms with van der Waals surface area (Å²) in [5.41, 5.74) is -2.64. The lowest BCUT2D eigenvalue weighted by atomic mass is 9.77. The Kier molecular flexibility index (Phi) is 5.68. The highest BCUT2D eigenvalue weighted by molar-refractivity contribution is 5.95. The summed E-state index contributed by atoms with van der Waals surface area (Å²) in [4.78, 5) is 12.8. The standard InChI is InChI=1S/C19H18F5N3O3/c1-9-13(11-4-5-12(20)14(21)15(11)29-3)16(30-18(9,2)19(22,23)24)17(28)27-10-6-7-25-26-8-10/h4-9,13,16H,1-3H3,(H,25,27,28)/t9-,13-,16+,18+/m1/s1. The lowest BCUT2D eigenvalue weighted by Crippen LogP contribution is -2.47. The Balaban J connectivity index is 2.09. The number of rotatable bonds is 4. The summed E-state index contributed by atoms with van der Waals surface area (Å²) in [6, 6.07) is 3.25. The summed E-state index contributed by atoms with van der Waals surface area (Å²) in [6.45, 7) is 2.05. The van der Waals surface area contributed by atoms with Crippen LogP contribution in [0.25, 0.3) is 0 Å². The van der Waals surface area contributed by atoms with E-state index >= 15 is 0 Å². The number of alkyl halides is 3. The highest BCUT2D eigenvalue weighted by Crippen LogP contribution is 2.54. The molecule has 162 valence electrons. The first-order valence-electron chi connectivity index (χ1n) is 8.85. The van der Waals surface area contributed by atoms with Crippen molar-refractivity contribution in [2.75, 3.05) is 12.4 Å². The first-order chi connectivity index (χ1) is 14.0. The second-order valence-electron chi connectivity index (χ2n) is 7.06. The Labute approximate surface area is 168 Å². The SMILES string of the molecule is COc1c([C@@H]2[C@@H](C(=O)Nc3ccnnc3)O[C@](C)(C(F)(F)F)[C@@H]2C)ccc(F)c1F. The van der Waals surface area contributed by atoms with Crippen LogP contribution in [0.4, 0.5) is 27.6 Å². The lowest BCUT2D eigenvalue weighted by molar-refractivity contribution is -0.272. The molecule has 1 aliphatic heterocycles. The second-order valence-corrected chi connectivity index (χ2v) is 7.06. The number of hydrogen-bond donors (Lipinski definition) is 1. The van der Waals surface area contributed by atoms with Gasteiger partial charge in [-0.3, -0.25) is 4.79 Å². The average molecular weight is 431 g/mol. The summed E-state index contributed by atoms with van der Waals surface area (Å²) in [7, 11) is 1.06. The molecule has 1 amide bonds. The number of anilines is 1. The van der Waals surface area contributed by atoms with Crippen molar-refractivity contribution >= 4 is 11.6 Å². The molecule has 30 heavy (non-hydrogen) atoms. The Morgan fingerprint density at radius 1 is 1.23 bits per heavy atom. The Morgan fingerprint density at radius 2 is 1.93 bits per heavy atom. The number of ether oxygens (including phenoxy) is 2. The lowest BCUT2D eigenvalue weighted by Gasteiger charge is -2.32. The van der Waals surface area contributed by atoms with Crippen LogP contribution in [0, 0.1) is 17.6 Å². The predicted molar refractivity (Wildman–Crippen MR) is 94.8 cm³/mol. The molecular formula is C19H18F5N3O3. The number of halogens is 5. The molecule has 0 spiro atoms. The van der Waals surface area contributed by atoms with Crippen LogP contribution >= 0.6 is 0 Å². The minimum absolute atomic E-state index is 0.107. The van der Waals surface area contributed by atoms with Gasteiger partial charge >= 0.3 is 6.18 Å². The number of benzene rings is 1. The largest absolute Gasteiger partial charge is 0.493 e. The van der Waals surface area contributed by atoms with Crippen LogP contribution in [0.5, 0.6) is 5.75 Å². The van der Waals surface area contributed by atoms with Gasteiger partial charge in [-0.2, -0.15) is 27.8 Å². The van der Waals surface area contributed by atoms with Crippen molar-refractivity contribution in [2.24, 2.45) is 5.92 Å². The number of hydrogen-bond acceptors (Lipinski definition) is 5. The first-order valence-corrected chi connectivity index (χ1v) is 8.85. The van der Waals surface area contributed by atoms with Gasteiger partial charge in [-0.25, -0.2) is 4.39 Å². The van der Waals surface area contributed by atoms with Crippen LogP contribution in [-0.4, -0.2) is 41.1 Å². The number of amides is 1. The van der Waals surface area contributed by atoms with E-state index in [-0.39, 0.29) is 11.3 Å². The van der Waals surface area contributed by atoms with Crippen molar-refractivity contribution in [1.82, 2.24) is 10.2 Å². The molecule has 11 heteroatoms. The summed E-state index contributed by atoms with van der Waals surface area (Å²) in [6.07, 6.45) is -4.02. The molecule has 1 N–H and O–H groups in total. The molecule has 1 aromatic carbocycles. The van der Waals surface area contributed by atoms with Gasteiger partial charge in [0.1, 0.15) is 6.10 Å². The topological polar surface area (TPSA) is 73.3 Å². The van der Waals surface area contributed by atoms with Gasteiger partial charge in [-0.15, -0.1) is 0 Å². The molecule has 1 saturated heterocycles. The Bertz CT molecular complexity index is 941. The minimum atomic E-state index is -4.83. The molecule has 2 heterocycles. The Morgan fingerprint density at radius 3 is 2.50 bits per heavy atom. The zero-order valence-corrected chi connectivity index (χ0v) is 16.1. The van der Waals surface area contributed by atoms with Gasteiger partial charge in [-0.05, 0) is 19.1 Å². The van der Waals surface area contributed by atoms with E-state index in [0.29, 0.717) is 0 Å². The molecule has 0 radical (unpaired) electrons. The van der Waals surface area contributed by atoms with E-state index in [2.05, 4.69) is 15.5 Å². The maximum absolute atomic E-state index is 14.3. The van der Waals surface area contributed by atoms with Crippen molar-refractivity contribution in [3.63, 3.8) is 0 Å². The normalized spacial score (nSPS) is 26.5. The molecule has 0 saturated carbocycles. The minimum Gasteiger partial charge on any atom is -0.493 e. The molecule has 0 aliphatic carbocycles. The van der Waals surface area contributed by atoms with E-state index in [4.69, 9.17) is 9.47 Å². The van der Waals surface area contributed by atoms with Gasteiger partial charge in [0.2, 0.25) is 5.82 Å². The Hall–Kier alpha value is -2.82. The van der Waals surface area contributed by atoms with Crippen molar-refractivity contribution in [3.8, 4) is 5.75 Å². The van der Waals surface area contributed by atoms with E-state index in [9.17, 15) is 26.7 Å². The van der Waals surface area contributed by atoms with Gasteiger partial charge in [-0.1, -0.05) is 13.0 Å². The average Bonchev–Trinajstić information content (AvgIpc) is 2.97. The second kappa shape index (κ2) is 7.78. The van der Waals surface area contributed by atoms with Crippen LogP contribution in [0.15, 0.2) is 30.6 Å². The zero-order chi connectivity index (χ0) is 22.3. The third-order valence-corrected chi connectivity index (χ3v) is 5.42. The number of carbonyl (C=O) groups excluding carboxylic acids is 1. The van der Waals surface area contributed by atoms with E-state index in [1.165, 1.54) is 25.4 Å². The van der Waals surface area contributed by atoms with Gasteiger partial charge in [0, 0.05) is 17.4 Å². The number of methoxy groups -OCH3 is 1. The van der Waals surface area contributed by atoms with Crippen LogP contribution in [-0.2, 0) is 9.53 Å². The fourth-order valence-corrected chi connectivity index (χ4v) is 3.62. The molecule has 1 aliphatic rings. The quantitative estimate of drug-likeness (QED) is 0.745. The molecule has 1 fully saturated rings. The molecule has 2 aromatic rings. The number of carbonyl (C=O) groups is 1. The maximum atomic E-state index is 14.3. The number of aromatic nitrogens is 2. The molecule has 1 aromatic heterocycles. The van der Waals surface area contributed by atoms with E-state index in [1.54, 1.807) is 0 Å². The van der Waals surface area contributed by atoms with E-state index in [1.807, 2.05) is 0 Å². The fourth-order valence-electron chi connectivity index (χ4n) is 3.62. The van der Waals surface area contributed by atoms with Crippen molar-refractivity contribution in [1.29, 1.82) is 0 Å². The summed E-state index contributed by atoms with van der Waals surface area (Å²) >= 11 is 0. The third kappa shape index (κ3) is 3.57. The fraction of sp³-hybridized carbons (Fsp3) is 0.421. The summed E-state index contributed by atoms with van der Waals surface area (Å²) in [5, 5.41) is 9.54. The van der Waals surface area contributed by atoms with Crippen molar-refractivity contribution < 1.29 is 36.2 Å². The molecule has 6 nitrogen and oxygen atoms in total. The maximum Gasteiger partial charge on any atom is 0.417 e.